The van der Waals surface area contributed by atoms with Gasteiger partial charge >= 0.3 is 11.9 Å². The second kappa shape index (κ2) is 11.8. The van der Waals surface area contributed by atoms with Crippen LogP contribution in [0.25, 0.3) is 5.76 Å². The maximum Gasteiger partial charge on any atom is 0.342 e. The summed E-state index contributed by atoms with van der Waals surface area (Å²) < 4.78 is 7.37. The van der Waals surface area contributed by atoms with Crippen LogP contribution >= 0.6 is 0 Å². The van der Waals surface area contributed by atoms with Crippen molar-refractivity contribution in [3.8, 4) is 11.9 Å². The minimum atomic E-state index is -1.03. The monoisotopic (exact) mass is 588 g/mol. The Balaban J connectivity index is 1.36. The van der Waals surface area contributed by atoms with Gasteiger partial charge in [0.15, 0.2) is 5.82 Å². The van der Waals surface area contributed by atoms with Crippen molar-refractivity contribution in [3.63, 3.8) is 0 Å². The highest BCUT2D eigenvalue weighted by Gasteiger charge is 2.48. The van der Waals surface area contributed by atoms with E-state index in [0.29, 0.717) is 23.4 Å². The molecule has 0 bridgehead atoms. The molecule has 0 aliphatic carbocycles. The lowest BCUT2D eigenvalue weighted by molar-refractivity contribution is -0.132. The van der Waals surface area contributed by atoms with Crippen molar-refractivity contribution >= 4 is 23.3 Å². The Hall–Kier alpha value is -5.78. The Morgan fingerprint density at radius 3 is 2.36 bits per heavy atom. The number of hydrogen-bond donors (Lipinski definition) is 1. The van der Waals surface area contributed by atoms with Crippen molar-refractivity contribution < 1.29 is 19.4 Å². The van der Waals surface area contributed by atoms with E-state index in [4.69, 9.17) is 4.74 Å². The largest absolute Gasteiger partial charge is 0.507 e. The molecule has 44 heavy (non-hydrogen) atoms. The molecule has 4 heterocycles. The maximum absolute atomic E-state index is 13.5. The van der Waals surface area contributed by atoms with Crippen LogP contribution in [0.4, 0.5) is 5.82 Å². The van der Waals surface area contributed by atoms with Gasteiger partial charge in [-0.2, -0.15) is 9.78 Å². The number of ether oxygens (including phenoxy) is 1. The second-order valence-corrected chi connectivity index (χ2v) is 10.6. The summed E-state index contributed by atoms with van der Waals surface area (Å²) in [6.45, 7) is 6.29. The molecule has 1 aliphatic heterocycles. The van der Waals surface area contributed by atoms with E-state index in [2.05, 4.69) is 44.6 Å². The second-order valence-electron chi connectivity index (χ2n) is 10.6. The quantitative estimate of drug-likeness (QED) is 0.153. The van der Waals surface area contributed by atoms with Gasteiger partial charge in [0.05, 0.1) is 23.9 Å². The van der Waals surface area contributed by atoms with Crippen LogP contribution in [0, 0.1) is 6.92 Å². The Morgan fingerprint density at radius 2 is 1.70 bits per heavy atom. The number of benzene rings is 2. The summed E-state index contributed by atoms with van der Waals surface area (Å²) in [4.78, 5) is 32.5. The predicted molar refractivity (Wildman–Crippen MR) is 160 cm³/mol. The van der Waals surface area contributed by atoms with Crippen LogP contribution in [0.1, 0.15) is 53.8 Å². The number of aryl methyl sites for hydroxylation is 1. The number of aliphatic hydroxyl groups is 1. The molecule has 3 aromatic heterocycles. The highest BCUT2D eigenvalue weighted by Crippen LogP contribution is 2.41. The number of anilines is 1. The summed E-state index contributed by atoms with van der Waals surface area (Å²) >= 11 is 0. The van der Waals surface area contributed by atoms with Crippen molar-refractivity contribution in [3.05, 3.63) is 119 Å². The Bertz CT molecular complexity index is 1830. The fraction of sp³-hybridized carbons (Fsp3) is 0.188. The van der Waals surface area contributed by atoms with Gasteiger partial charge in [-0.05, 0) is 58.2 Å². The van der Waals surface area contributed by atoms with Gasteiger partial charge in [0.2, 0.25) is 5.88 Å². The number of aromatic nitrogens is 7. The van der Waals surface area contributed by atoms with Gasteiger partial charge in [-0.25, -0.2) is 4.98 Å². The third-order valence-corrected chi connectivity index (χ3v) is 7.27. The van der Waals surface area contributed by atoms with E-state index in [0.717, 1.165) is 11.1 Å². The van der Waals surface area contributed by atoms with Gasteiger partial charge < -0.3 is 9.84 Å². The Morgan fingerprint density at radius 1 is 0.932 bits per heavy atom. The van der Waals surface area contributed by atoms with E-state index in [1.165, 1.54) is 15.8 Å². The molecule has 2 aromatic carbocycles. The number of nitrogens with zero attached hydrogens (tertiary/aromatic N) is 8. The third kappa shape index (κ3) is 5.52. The summed E-state index contributed by atoms with van der Waals surface area (Å²) in [5.74, 6) is -1.35. The van der Waals surface area contributed by atoms with Crippen LogP contribution in [-0.2, 0) is 16.1 Å². The fourth-order valence-corrected chi connectivity index (χ4v) is 4.92. The number of rotatable bonds is 8. The van der Waals surface area contributed by atoms with E-state index in [1.807, 2.05) is 42.5 Å². The van der Waals surface area contributed by atoms with E-state index >= 15 is 0 Å². The average molecular weight is 589 g/mol. The number of carbonyl (C=O) groups is 2. The number of hydrogen-bond acceptors (Lipinski definition) is 10. The van der Waals surface area contributed by atoms with Crippen molar-refractivity contribution in [2.24, 2.45) is 0 Å². The van der Waals surface area contributed by atoms with Crippen molar-refractivity contribution in [1.82, 2.24) is 35.4 Å². The zero-order valence-electron chi connectivity index (χ0n) is 24.2. The summed E-state index contributed by atoms with van der Waals surface area (Å²) in [7, 11) is 0. The van der Waals surface area contributed by atoms with E-state index in [9.17, 15) is 14.7 Å². The number of tetrazole rings is 1. The van der Waals surface area contributed by atoms with Crippen molar-refractivity contribution in [1.29, 1.82) is 0 Å². The molecule has 1 fully saturated rings. The van der Waals surface area contributed by atoms with Gasteiger partial charge in [-0.1, -0.05) is 73.5 Å². The van der Waals surface area contributed by atoms with Gasteiger partial charge in [-0.3, -0.25) is 14.5 Å². The zero-order valence-corrected chi connectivity index (χ0v) is 24.2. The summed E-state index contributed by atoms with van der Waals surface area (Å²) in [5.41, 5.74) is 3.47. The van der Waals surface area contributed by atoms with Gasteiger partial charge in [0.1, 0.15) is 5.76 Å². The lowest BCUT2D eigenvalue weighted by Crippen LogP contribution is -2.30. The van der Waals surface area contributed by atoms with Crippen molar-refractivity contribution in [2.45, 2.75) is 39.3 Å². The van der Waals surface area contributed by atoms with Gasteiger partial charge in [0, 0.05) is 17.8 Å². The number of Topliss-reactive ketones (excluding diaryl/α,β-unsaturated/α-hetero) is 1. The lowest BCUT2D eigenvalue weighted by atomic mass is 9.95. The first-order valence-corrected chi connectivity index (χ1v) is 14.0. The van der Waals surface area contributed by atoms with Gasteiger partial charge in [0.25, 0.3) is 5.78 Å². The molecule has 1 saturated heterocycles. The smallest absolute Gasteiger partial charge is 0.342 e. The normalized spacial score (nSPS) is 16.1. The van der Waals surface area contributed by atoms with Crippen molar-refractivity contribution in [2.75, 3.05) is 4.90 Å². The topological polar surface area (TPSA) is 149 Å². The molecule has 12 nitrogen and oxygen atoms in total. The van der Waals surface area contributed by atoms with E-state index in [1.54, 1.807) is 43.3 Å². The first-order chi connectivity index (χ1) is 21.3. The van der Waals surface area contributed by atoms with Crippen LogP contribution in [-0.4, -0.2) is 52.2 Å². The first kappa shape index (κ1) is 28.3. The van der Waals surface area contributed by atoms with Crippen LogP contribution in [0.3, 0.4) is 0 Å². The molecule has 1 aliphatic rings. The van der Waals surface area contributed by atoms with Crippen LogP contribution < -0.4 is 9.64 Å². The molecule has 0 saturated carbocycles. The predicted octanol–water partition coefficient (Wildman–Crippen LogP) is 4.76. The van der Waals surface area contributed by atoms with E-state index < -0.39 is 17.7 Å². The minimum Gasteiger partial charge on any atom is -0.507 e. The molecular weight excluding hydrogens is 560 g/mol. The number of amides is 1. The number of aliphatic hydroxyl groups excluding tert-OH is 1. The number of pyridine rings is 1. The molecular formula is C32H28N8O4. The van der Waals surface area contributed by atoms with Gasteiger partial charge in [-0.15, -0.1) is 5.10 Å². The summed E-state index contributed by atoms with van der Waals surface area (Å²) in [6.07, 6.45) is 1.47. The highest BCUT2D eigenvalue weighted by molar-refractivity contribution is 6.51. The molecule has 1 unspecified atom stereocenters. The zero-order chi connectivity index (χ0) is 30.8. The Labute approximate surface area is 252 Å². The molecule has 1 amide bonds. The molecule has 0 spiro atoms. The van der Waals surface area contributed by atoms with E-state index in [-0.39, 0.29) is 35.0 Å². The molecule has 6 rings (SSSR count). The van der Waals surface area contributed by atoms with Crippen LogP contribution in [0.5, 0.6) is 11.9 Å². The standard InChI is InChI=1S/C32H28N8O4/c1-19(2)22-10-12-23(13-11-22)29(41)27-28(40(31(43)30(27)42)25-15-9-20(3)34-35-25)24-14-16-26(33-17-24)44-32-36-37-38-39(32)18-21-7-5-4-6-8-21/h4-17,19,28,41H,18H2,1-3H3. The number of carbonyl (C=O) groups excluding carboxylic acids is 2. The summed E-state index contributed by atoms with van der Waals surface area (Å²) in [5, 5.41) is 31.3. The molecule has 1 N–H and O–H groups in total. The highest BCUT2D eigenvalue weighted by atomic mass is 16.5. The SMILES string of the molecule is Cc1ccc(N2C(=O)C(=O)C(=C(O)c3ccc(C(C)C)cc3)C2c2ccc(Oc3nnnn3Cc3ccccc3)nc2)nn1. The molecule has 0 radical (unpaired) electrons. The fourth-order valence-electron chi connectivity index (χ4n) is 4.92. The lowest BCUT2D eigenvalue weighted by Gasteiger charge is -2.24. The van der Waals surface area contributed by atoms with Crippen LogP contribution in [0.2, 0.25) is 0 Å². The molecule has 5 aromatic rings. The average Bonchev–Trinajstić information content (AvgIpc) is 3.58. The van der Waals surface area contributed by atoms with Crippen LogP contribution in [0.15, 0.2) is 90.6 Å². The maximum atomic E-state index is 13.5. The Kier molecular flexibility index (Phi) is 7.63. The first-order valence-electron chi connectivity index (χ1n) is 14.0. The number of ketones is 1. The molecule has 12 heteroatoms. The third-order valence-electron chi connectivity index (χ3n) is 7.27. The minimum absolute atomic E-state index is 0.0862. The summed E-state index contributed by atoms with van der Waals surface area (Å²) in [6, 6.07) is 22.6. The molecule has 220 valence electrons. The molecule has 1 atom stereocenters.